The molecule has 0 heterocycles. The Bertz CT molecular complexity index is 245. The van der Waals surface area contributed by atoms with E-state index in [4.69, 9.17) is 11.6 Å². The number of hydrogen-bond donors (Lipinski definition) is 1. The van der Waals surface area contributed by atoms with E-state index in [2.05, 4.69) is 0 Å². The van der Waals surface area contributed by atoms with Crippen LogP contribution in [-0.2, 0) is 4.79 Å². The van der Waals surface area contributed by atoms with E-state index >= 15 is 0 Å². The molecule has 0 unspecified atom stereocenters. The number of carbonyl (C=O) groups is 2. The minimum Gasteiger partial charge on any atom is -0.318 e. The fraction of sp³-hybridized carbons (Fsp3) is 0.714. The van der Waals surface area contributed by atoms with E-state index in [1.807, 2.05) is 0 Å². The summed E-state index contributed by atoms with van der Waals surface area (Å²) in [7, 11) is 0.941. The number of amides is 3. The van der Waals surface area contributed by atoms with Crippen LogP contribution in [0.1, 0.15) is 6.42 Å². The van der Waals surface area contributed by atoms with Crippen molar-refractivity contribution < 1.29 is 22.8 Å². The van der Waals surface area contributed by atoms with Crippen molar-refractivity contribution in [2.75, 3.05) is 19.5 Å². The Morgan fingerprint density at radius 2 is 1.93 bits per heavy atom. The van der Waals surface area contributed by atoms with Gasteiger partial charge in [0.2, 0.25) is 5.91 Å². The SMILES string of the molecule is CN(CC(F)(F)F)C(=O)NC(=O)CCCl. The number of rotatable bonds is 3. The van der Waals surface area contributed by atoms with Crippen molar-refractivity contribution >= 4 is 23.5 Å². The highest BCUT2D eigenvalue weighted by Gasteiger charge is 2.31. The normalized spacial score (nSPS) is 11.0. The standard InChI is InChI=1S/C7H10ClF3N2O2/c1-13(4-7(9,10)11)6(15)12-5(14)2-3-8/h2-4H2,1H3,(H,12,14,15). The van der Waals surface area contributed by atoms with E-state index in [1.54, 1.807) is 5.32 Å². The summed E-state index contributed by atoms with van der Waals surface area (Å²) in [6.07, 6.45) is -4.60. The van der Waals surface area contributed by atoms with Crippen molar-refractivity contribution in [1.29, 1.82) is 0 Å². The molecular formula is C7H10ClF3N2O2. The van der Waals surface area contributed by atoms with Gasteiger partial charge >= 0.3 is 12.2 Å². The van der Waals surface area contributed by atoms with Crippen molar-refractivity contribution in [3.63, 3.8) is 0 Å². The third-order valence-electron chi connectivity index (χ3n) is 1.33. The molecule has 0 aliphatic carbocycles. The summed E-state index contributed by atoms with van der Waals surface area (Å²) >= 11 is 5.20. The van der Waals surface area contributed by atoms with Gasteiger partial charge in [0.25, 0.3) is 0 Å². The third kappa shape index (κ3) is 7.01. The molecule has 3 amide bonds. The van der Waals surface area contributed by atoms with Gasteiger partial charge < -0.3 is 4.90 Å². The molecule has 0 rings (SSSR count). The molecule has 0 radical (unpaired) electrons. The fourth-order valence-corrected chi connectivity index (χ4v) is 0.875. The Labute approximate surface area is 89.4 Å². The van der Waals surface area contributed by atoms with Crippen molar-refractivity contribution in [3.8, 4) is 0 Å². The molecule has 8 heteroatoms. The monoisotopic (exact) mass is 246 g/mol. The van der Waals surface area contributed by atoms with Crippen LogP contribution in [0.4, 0.5) is 18.0 Å². The van der Waals surface area contributed by atoms with Gasteiger partial charge in [-0.25, -0.2) is 4.79 Å². The number of imide groups is 1. The first-order valence-electron chi connectivity index (χ1n) is 3.94. The quantitative estimate of drug-likeness (QED) is 0.764. The van der Waals surface area contributed by atoms with E-state index in [0.717, 1.165) is 7.05 Å². The predicted octanol–water partition coefficient (Wildman–Crippen LogP) is 1.35. The average molecular weight is 247 g/mol. The van der Waals surface area contributed by atoms with Crippen LogP contribution in [-0.4, -0.2) is 42.5 Å². The number of nitrogens with zero attached hydrogens (tertiary/aromatic N) is 1. The van der Waals surface area contributed by atoms with Crippen LogP contribution in [0, 0.1) is 0 Å². The van der Waals surface area contributed by atoms with Crippen LogP contribution in [0.2, 0.25) is 0 Å². The highest BCUT2D eigenvalue weighted by Crippen LogP contribution is 2.15. The number of hydrogen-bond acceptors (Lipinski definition) is 2. The molecule has 0 bridgehead atoms. The van der Waals surface area contributed by atoms with Crippen molar-refractivity contribution in [2.24, 2.45) is 0 Å². The van der Waals surface area contributed by atoms with Gasteiger partial charge in [0.05, 0.1) is 0 Å². The Balaban J connectivity index is 4.05. The molecular weight excluding hydrogens is 237 g/mol. The summed E-state index contributed by atoms with van der Waals surface area (Å²) < 4.78 is 35.5. The van der Waals surface area contributed by atoms with Crippen LogP contribution in [0.25, 0.3) is 0 Å². The number of halogens is 4. The second-order valence-corrected chi connectivity index (χ2v) is 3.14. The van der Waals surface area contributed by atoms with Gasteiger partial charge in [0.1, 0.15) is 6.54 Å². The van der Waals surface area contributed by atoms with Gasteiger partial charge in [-0.15, -0.1) is 11.6 Å². The molecule has 0 saturated carbocycles. The smallest absolute Gasteiger partial charge is 0.318 e. The maximum atomic E-state index is 11.8. The number of alkyl halides is 4. The topological polar surface area (TPSA) is 49.4 Å². The molecule has 0 fully saturated rings. The van der Waals surface area contributed by atoms with E-state index in [-0.39, 0.29) is 12.3 Å². The second-order valence-electron chi connectivity index (χ2n) is 2.76. The largest absolute Gasteiger partial charge is 0.406 e. The molecule has 0 aromatic carbocycles. The first kappa shape index (κ1) is 14.0. The third-order valence-corrected chi connectivity index (χ3v) is 1.52. The predicted molar refractivity (Wildman–Crippen MR) is 47.6 cm³/mol. The Morgan fingerprint density at radius 3 is 2.33 bits per heavy atom. The van der Waals surface area contributed by atoms with Gasteiger partial charge in [-0.2, -0.15) is 13.2 Å². The van der Waals surface area contributed by atoms with Gasteiger partial charge in [-0.05, 0) is 0 Å². The highest BCUT2D eigenvalue weighted by molar-refractivity contribution is 6.19. The van der Waals surface area contributed by atoms with Crippen LogP contribution in [0.5, 0.6) is 0 Å². The summed E-state index contributed by atoms with van der Waals surface area (Å²) in [4.78, 5) is 22.1. The highest BCUT2D eigenvalue weighted by atomic mass is 35.5. The van der Waals surface area contributed by atoms with E-state index in [1.165, 1.54) is 0 Å². The minimum atomic E-state index is -4.48. The van der Waals surface area contributed by atoms with Gasteiger partial charge in [0.15, 0.2) is 0 Å². The Morgan fingerprint density at radius 1 is 1.40 bits per heavy atom. The molecule has 0 aromatic heterocycles. The number of urea groups is 1. The molecule has 0 aliphatic rings. The zero-order valence-corrected chi connectivity index (χ0v) is 8.65. The number of nitrogens with one attached hydrogen (secondary N) is 1. The summed E-state index contributed by atoms with van der Waals surface area (Å²) in [5.41, 5.74) is 0. The van der Waals surface area contributed by atoms with Gasteiger partial charge in [-0.1, -0.05) is 0 Å². The second kappa shape index (κ2) is 5.79. The molecule has 88 valence electrons. The first-order valence-corrected chi connectivity index (χ1v) is 4.47. The average Bonchev–Trinajstić information content (AvgIpc) is 2.00. The summed E-state index contributed by atoms with van der Waals surface area (Å²) in [6, 6.07) is -1.09. The van der Waals surface area contributed by atoms with Crippen LogP contribution >= 0.6 is 11.6 Å². The first-order chi connectivity index (χ1) is 6.76. The minimum absolute atomic E-state index is 0.00208. The lowest BCUT2D eigenvalue weighted by Gasteiger charge is -2.18. The Hall–Kier alpha value is -0.980. The molecule has 1 N–H and O–H groups in total. The molecule has 0 aliphatic heterocycles. The number of carbonyl (C=O) groups excluding carboxylic acids is 2. The molecule has 0 spiro atoms. The van der Waals surface area contributed by atoms with Crippen LogP contribution in [0.3, 0.4) is 0 Å². The van der Waals surface area contributed by atoms with Crippen molar-refractivity contribution in [3.05, 3.63) is 0 Å². The van der Waals surface area contributed by atoms with E-state index < -0.39 is 24.7 Å². The molecule has 0 saturated heterocycles. The van der Waals surface area contributed by atoms with Gasteiger partial charge in [-0.3, -0.25) is 10.1 Å². The zero-order chi connectivity index (χ0) is 12.1. The van der Waals surface area contributed by atoms with Crippen LogP contribution in [0.15, 0.2) is 0 Å². The molecule has 0 atom stereocenters. The maximum Gasteiger partial charge on any atom is 0.406 e. The zero-order valence-electron chi connectivity index (χ0n) is 7.90. The lowest BCUT2D eigenvalue weighted by Crippen LogP contribution is -2.44. The Kier molecular flexibility index (Phi) is 5.41. The van der Waals surface area contributed by atoms with Crippen LogP contribution < -0.4 is 5.32 Å². The molecule has 0 aromatic rings. The summed E-state index contributed by atoms with van der Waals surface area (Å²) in [6.45, 7) is -1.41. The van der Waals surface area contributed by atoms with E-state index in [9.17, 15) is 22.8 Å². The molecule has 15 heavy (non-hydrogen) atoms. The maximum absolute atomic E-state index is 11.8. The lowest BCUT2D eigenvalue weighted by atomic mass is 10.4. The molecule has 4 nitrogen and oxygen atoms in total. The van der Waals surface area contributed by atoms with E-state index in [0.29, 0.717) is 4.90 Å². The lowest BCUT2D eigenvalue weighted by molar-refractivity contribution is -0.138. The van der Waals surface area contributed by atoms with Gasteiger partial charge in [0, 0.05) is 19.3 Å². The van der Waals surface area contributed by atoms with Crippen molar-refractivity contribution in [1.82, 2.24) is 10.2 Å². The fourth-order valence-electron chi connectivity index (χ4n) is 0.704. The summed E-state index contributed by atoms with van der Waals surface area (Å²) in [5, 5.41) is 1.77. The van der Waals surface area contributed by atoms with Crippen molar-refractivity contribution in [2.45, 2.75) is 12.6 Å². The summed E-state index contributed by atoms with van der Waals surface area (Å²) in [5.74, 6) is -0.703.